The minimum atomic E-state index is 0.0343. The van der Waals surface area contributed by atoms with Gasteiger partial charge < -0.3 is 15.2 Å². The molecule has 0 unspecified atom stereocenters. The zero-order valence-corrected chi connectivity index (χ0v) is 13.1. The highest BCUT2D eigenvalue weighted by Gasteiger charge is 2.02. The van der Waals surface area contributed by atoms with Crippen LogP contribution in [0.4, 0.5) is 5.69 Å². The predicted octanol–water partition coefficient (Wildman–Crippen LogP) is 3.80. The number of nitrogens with one attached hydrogen (secondary N) is 1. The maximum absolute atomic E-state index is 8.68. The molecule has 102 valence electrons. The summed E-state index contributed by atoms with van der Waals surface area (Å²) in [6.07, 6.45) is 0. The van der Waals surface area contributed by atoms with E-state index in [0.29, 0.717) is 6.61 Å². The van der Waals surface area contributed by atoms with Crippen LogP contribution in [0.15, 0.2) is 34.1 Å². The van der Waals surface area contributed by atoms with Crippen molar-refractivity contribution in [3.8, 4) is 5.75 Å². The maximum Gasteiger partial charge on any atom is 0.119 e. The summed E-state index contributed by atoms with van der Waals surface area (Å²) in [5.74, 6) is 0.773. The Morgan fingerprint density at radius 1 is 1.32 bits per heavy atom. The first-order valence-corrected chi connectivity index (χ1v) is 7.62. The fourth-order valence-electron chi connectivity index (χ4n) is 1.63. The predicted molar refractivity (Wildman–Crippen MR) is 83.1 cm³/mol. The third kappa shape index (κ3) is 4.23. The van der Waals surface area contributed by atoms with Crippen molar-refractivity contribution in [3.63, 3.8) is 0 Å². The summed E-state index contributed by atoms with van der Waals surface area (Å²) in [6.45, 7) is 3.27. The number of aryl methyl sites for hydroxylation is 1. The van der Waals surface area contributed by atoms with E-state index in [1.807, 2.05) is 24.3 Å². The largest absolute Gasteiger partial charge is 0.491 e. The molecular weight excluding hydrogens is 326 g/mol. The molecule has 0 radical (unpaired) electrons. The van der Waals surface area contributed by atoms with E-state index in [9.17, 15) is 0 Å². The number of rotatable bonds is 6. The van der Waals surface area contributed by atoms with Gasteiger partial charge in [-0.25, -0.2) is 0 Å². The molecule has 2 rings (SSSR count). The molecule has 5 heteroatoms. The average molecular weight is 342 g/mol. The van der Waals surface area contributed by atoms with Gasteiger partial charge in [-0.15, -0.1) is 11.3 Å². The summed E-state index contributed by atoms with van der Waals surface area (Å²) in [5.41, 5.74) is 2.33. The second kappa shape index (κ2) is 6.93. The summed E-state index contributed by atoms with van der Waals surface area (Å²) >= 11 is 5.28. The van der Waals surface area contributed by atoms with Crippen molar-refractivity contribution in [2.24, 2.45) is 0 Å². The van der Waals surface area contributed by atoms with E-state index >= 15 is 0 Å². The van der Waals surface area contributed by atoms with Gasteiger partial charge in [0.15, 0.2) is 0 Å². The summed E-state index contributed by atoms with van der Waals surface area (Å²) < 4.78 is 6.50. The molecule has 0 aliphatic heterocycles. The molecule has 0 spiro atoms. The molecule has 0 aliphatic carbocycles. The highest BCUT2D eigenvalue weighted by atomic mass is 79.9. The lowest BCUT2D eigenvalue weighted by atomic mass is 10.3. The van der Waals surface area contributed by atoms with E-state index in [4.69, 9.17) is 9.84 Å². The van der Waals surface area contributed by atoms with Crippen LogP contribution in [-0.4, -0.2) is 18.3 Å². The zero-order chi connectivity index (χ0) is 13.7. The topological polar surface area (TPSA) is 41.5 Å². The van der Waals surface area contributed by atoms with Crippen LogP contribution in [0.3, 0.4) is 0 Å². The van der Waals surface area contributed by atoms with Crippen molar-refractivity contribution in [3.05, 3.63) is 44.6 Å². The number of hydrogen-bond acceptors (Lipinski definition) is 4. The average Bonchev–Trinajstić information content (AvgIpc) is 2.74. The molecule has 0 atom stereocenters. The maximum atomic E-state index is 8.68. The molecule has 1 heterocycles. The molecule has 1 aromatic heterocycles. The monoisotopic (exact) mass is 341 g/mol. The molecule has 19 heavy (non-hydrogen) atoms. The second-order valence-electron chi connectivity index (χ2n) is 4.12. The number of aliphatic hydroxyl groups is 1. The third-order valence-electron chi connectivity index (χ3n) is 2.59. The number of thiophene rings is 1. The highest BCUT2D eigenvalue weighted by molar-refractivity contribution is 9.11. The summed E-state index contributed by atoms with van der Waals surface area (Å²) in [5, 5.41) is 12.0. The van der Waals surface area contributed by atoms with E-state index in [1.165, 1.54) is 14.2 Å². The van der Waals surface area contributed by atoms with Gasteiger partial charge in [0.2, 0.25) is 0 Å². The van der Waals surface area contributed by atoms with Crippen LogP contribution in [0.5, 0.6) is 5.75 Å². The number of hydrogen-bond donors (Lipinski definition) is 2. The van der Waals surface area contributed by atoms with Crippen LogP contribution in [0, 0.1) is 6.92 Å². The minimum Gasteiger partial charge on any atom is -0.491 e. The van der Waals surface area contributed by atoms with Crippen LogP contribution in [-0.2, 0) is 6.54 Å². The van der Waals surface area contributed by atoms with Gasteiger partial charge in [0, 0.05) is 17.1 Å². The van der Waals surface area contributed by atoms with Crippen molar-refractivity contribution in [1.82, 2.24) is 0 Å². The Bertz CT molecular complexity index is 505. The Kier molecular flexibility index (Phi) is 5.24. The standard InChI is InChI=1S/C14H16BrNO2S/c1-10-8-13(19-14(10)15)9-16-11-2-4-12(5-3-11)18-7-6-17/h2-5,8,16-17H,6-7,9H2,1H3. The van der Waals surface area contributed by atoms with Crippen LogP contribution >= 0.6 is 27.3 Å². The molecule has 2 N–H and O–H groups in total. The van der Waals surface area contributed by atoms with Gasteiger partial charge in [0.05, 0.1) is 10.4 Å². The summed E-state index contributed by atoms with van der Waals surface area (Å²) in [7, 11) is 0. The first-order valence-electron chi connectivity index (χ1n) is 6.01. The van der Waals surface area contributed by atoms with Crippen LogP contribution in [0.2, 0.25) is 0 Å². The van der Waals surface area contributed by atoms with Crippen LogP contribution < -0.4 is 10.1 Å². The summed E-state index contributed by atoms with van der Waals surface area (Å²) in [4.78, 5) is 1.30. The van der Waals surface area contributed by atoms with E-state index < -0.39 is 0 Å². The Morgan fingerprint density at radius 2 is 2.05 bits per heavy atom. The van der Waals surface area contributed by atoms with Crippen molar-refractivity contribution in [1.29, 1.82) is 0 Å². The minimum absolute atomic E-state index is 0.0343. The van der Waals surface area contributed by atoms with Gasteiger partial charge in [0.1, 0.15) is 12.4 Å². The number of benzene rings is 1. The zero-order valence-electron chi connectivity index (χ0n) is 10.6. The lowest BCUT2D eigenvalue weighted by molar-refractivity contribution is 0.201. The summed E-state index contributed by atoms with van der Waals surface area (Å²) in [6, 6.07) is 9.92. The van der Waals surface area contributed by atoms with Gasteiger partial charge in [-0.1, -0.05) is 0 Å². The molecule has 0 fully saturated rings. The van der Waals surface area contributed by atoms with Crippen molar-refractivity contribution < 1.29 is 9.84 Å². The molecule has 0 saturated carbocycles. The van der Waals surface area contributed by atoms with Gasteiger partial charge >= 0.3 is 0 Å². The Hall–Kier alpha value is -1.04. The molecular formula is C14H16BrNO2S. The van der Waals surface area contributed by atoms with E-state index in [1.54, 1.807) is 11.3 Å². The van der Waals surface area contributed by atoms with E-state index in [0.717, 1.165) is 18.0 Å². The fraction of sp³-hybridized carbons (Fsp3) is 0.286. The first kappa shape index (κ1) is 14.4. The molecule has 0 saturated heterocycles. The first-order chi connectivity index (χ1) is 9.19. The highest BCUT2D eigenvalue weighted by Crippen LogP contribution is 2.28. The lowest BCUT2D eigenvalue weighted by Crippen LogP contribution is -2.02. The fourth-order valence-corrected chi connectivity index (χ4v) is 3.20. The number of anilines is 1. The molecule has 0 aliphatic rings. The second-order valence-corrected chi connectivity index (χ2v) is 6.57. The normalized spacial score (nSPS) is 10.5. The SMILES string of the molecule is Cc1cc(CNc2ccc(OCCO)cc2)sc1Br. The molecule has 2 aromatic rings. The Balaban J connectivity index is 1.89. The number of halogens is 1. The number of aliphatic hydroxyl groups excluding tert-OH is 1. The Labute approximate surface area is 125 Å². The third-order valence-corrected chi connectivity index (χ3v) is 4.73. The van der Waals surface area contributed by atoms with Gasteiger partial charge in [-0.2, -0.15) is 0 Å². The van der Waals surface area contributed by atoms with Gasteiger partial charge in [-0.3, -0.25) is 0 Å². The van der Waals surface area contributed by atoms with Crippen molar-refractivity contribution in [2.75, 3.05) is 18.5 Å². The smallest absolute Gasteiger partial charge is 0.119 e. The molecule has 3 nitrogen and oxygen atoms in total. The van der Waals surface area contributed by atoms with Gasteiger partial charge in [0.25, 0.3) is 0 Å². The van der Waals surface area contributed by atoms with Crippen molar-refractivity contribution >= 4 is 33.0 Å². The molecule has 0 bridgehead atoms. The van der Waals surface area contributed by atoms with Gasteiger partial charge in [-0.05, 0) is 58.7 Å². The van der Waals surface area contributed by atoms with Crippen LogP contribution in [0.25, 0.3) is 0 Å². The van der Waals surface area contributed by atoms with Crippen LogP contribution in [0.1, 0.15) is 10.4 Å². The van der Waals surface area contributed by atoms with E-state index in [2.05, 4.69) is 34.2 Å². The van der Waals surface area contributed by atoms with E-state index in [-0.39, 0.29) is 6.61 Å². The molecule has 1 aromatic carbocycles. The number of ether oxygens (including phenoxy) is 1. The molecule has 0 amide bonds. The van der Waals surface area contributed by atoms with Crippen molar-refractivity contribution in [2.45, 2.75) is 13.5 Å². The lowest BCUT2D eigenvalue weighted by Gasteiger charge is -2.07. The Morgan fingerprint density at radius 3 is 2.63 bits per heavy atom. The quantitative estimate of drug-likeness (QED) is 0.839.